The largest absolute Gasteiger partial charge is 0.460 e. The van der Waals surface area contributed by atoms with Crippen molar-refractivity contribution in [2.24, 2.45) is 5.92 Å². The molecule has 1 aliphatic rings. The lowest BCUT2D eigenvalue weighted by molar-refractivity contribution is -0.156. The highest BCUT2D eigenvalue weighted by Crippen LogP contribution is 2.40. The molecule has 1 fully saturated rings. The van der Waals surface area contributed by atoms with E-state index in [-0.39, 0.29) is 23.2 Å². The minimum atomic E-state index is -0.505. The Kier molecular flexibility index (Phi) is 8.58. The van der Waals surface area contributed by atoms with Gasteiger partial charge in [0.2, 0.25) is 0 Å². The second kappa shape index (κ2) is 11.4. The van der Waals surface area contributed by atoms with E-state index in [1.165, 1.54) is 4.88 Å². The van der Waals surface area contributed by atoms with Crippen LogP contribution in [0.15, 0.2) is 42.6 Å². The summed E-state index contributed by atoms with van der Waals surface area (Å²) in [5, 5.41) is 0.556. The van der Waals surface area contributed by atoms with E-state index in [1.54, 1.807) is 17.4 Å². The second-order valence-corrected chi connectivity index (χ2v) is 14.2. The third kappa shape index (κ3) is 7.29. The van der Waals surface area contributed by atoms with Crippen molar-refractivity contribution in [3.8, 4) is 21.6 Å². The average Bonchev–Trinajstić information content (AvgIpc) is 3.23. The summed E-state index contributed by atoms with van der Waals surface area (Å²) in [5.74, 6) is -0.154. The number of piperidine rings is 1. The minimum absolute atomic E-state index is 0.0269. The molecule has 0 bridgehead atoms. The number of carbonyl (C=O) groups excluding carboxylic acids is 2. The van der Waals surface area contributed by atoms with Gasteiger partial charge in [0.15, 0.2) is 0 Å². The first-order chi connectivity index (χ1) is 18.2. The molecule has 1 saturated heterocycles. The van der Waals surface area contributed by atoms with Crippen molar-refractivity contribution in [1.29, 1.82) is 0 Å². The first kappa shape index (κ1) is 29.3. The van der Waals surface area contributed by atoms with E-state index >= 15 is 0 Å². The summed E-state index contributed by atoms with van der Waals surface area (Å²) in [6, 6.07) is 12.0. The molecule has 1 aliphatic heterocycles. The molecular formula is C32H39ClN2O3S. The van der Waals surface area contributed by atoms with Crippen LogP contribution in [0.25, 0.3) is 21.6 Å². The highest BCUT2D eigenvalue weighted by molar-refractivity contribution is 7.16. The molecule has 3 heterocycles. The van der Waals surface area contributed by atoms with Crippen molar-refractivity contribution < 1.29 is 14.3 Å². The predicted octanol–water partition coefficient (Wildman–Crippen LogP) is 8.32. The van der Waals surface area contributed by atoms with Gasteiger partial charge in [-0.1, -0.05) is 38.4 Å². The molecule has 0 spiro atoms. The minimum Gasteiger partial charge on any atom is -0.460 e. The molecule has 0 N–H and O–H groups in total. The normalized spacial score (nSPS) is 16.3. The fraction of sp³-hybridized carbons (Fsp3) is 0.469. The Labute approximate surface area is 241 Å². The standard InChI is InChI=1S/C32H39ClN2O3S/c1-20-25(18-27(39-20)22-12-13-34-28(17-22)31(2,3)4)24-11-10-23(16-26(24)33)30(37)35-14-8-9-21(19-35)15-29(36)38-32(5,6)7/h10-13,16-18,21H,8-9,14-15,19H2,1-7H3. The lowest BCUT2D eigenvalue weighted by Crippen LogP contribution is -2.41. The highest BCUT2D eigenvalue weighted by Gasteiger charge is 2.28. The van der Waals surface area contributed by atoms with Gasteiger partial charge in [0.1, 0.15) is 5.60 Å². The molecule has 4 rings (SSSR count). The van der Waals surface area contributed by atoms with Crippen LogP contribution in [0.1, 0.15) is 81.7 Å². The molecule has 208 valence electrons. The highest BCUT2D eigenvalue weighted by atomic mass is 35.5. The van der Waals surface area contributed by atoms with E-state index in [0.29, 0.717) is 30.1 Å². The van der Waals surface area contributed by atoms with E-state index in [2.05, 4.69) is 44.8 Å². The van der Waals surface area contributed by atoms with Gasteiger partial charge in [-0.25, -0.2) is 0 Å². The number of nitrogens with zero attached hydrogens (tertiary/aromatic N) is 2. The van der Waals surface area contributed by atoms with E-state index in [9.17, 15) is 9.59 Å². The Bertz CT molecular complexity index is 1370. The summed E-state index contributed by atoms with van der Waals surface area (Å²) in [6.07, 6.45) is 3.98. The zero-order valence-electron chi connectivity index (χ0n) is 24.1. The Balaban J connectivity index is 1.50. The molecule has 0 aliphatic carbocycles. The number of amides is 1. The topological polar surface area (TPSA) is 59.5 Å². The second-order valence-electron chi connectivity index (χ2n) is 12.5. The number of ether oxygens (including phenoxy) is 1. The Hall–Kier alpha value is -2.70. The van der Waals surface area contributed by atoms with Crippen LogP contribution >= 0.6 is 22.9 Å². The van der Waals surface area contributed by atoms with Gasteiger partial charge in [0.05, 0.1) is 6.42 Å². The van der Waals surface area contributed by atoms with Crippen molar-refractivity contribution in [3.63, 3.8) is 0 Å². The van der Waals surface area contributed by atoms with Crippen LogP contribution in [0.4, 0.5) is 0 Å². The molecule has 1 amide bonds. The van der Waals surface area contributed by atoms with Crippen LogP contribution in [-0.2, 0) is 14.9 Å². The van der Waals surface area contributed by atoms with Gasteiger partial charge < -0.3 is 9.64 Å². The number of halogens is 1. The molecule has 7 heteroatoms. The van der Waals surface area contributed by atoms with Gasteiger partial charge in [-0.15, -0.1) is 11.3 Å². The lowest BCUT2D eigenvalue weighted by Gasteiger charge is -2.33. The molecule has 2 aromatic heterocycles. The van der Waals surface area contributed by atoms with E-state index in [1.807, 2.05) is 50.1 Å². The number of aryl methyl sites for hydroxylation is 1. The fourth-order valence-corrected chi connectivity index (χ4v) is 6.28. The predicted molar refractivity (Wildman–Crippen MR) is 161 cm³/mol. The number of likely N-dealkylation sites (tertiary alicyclic amines) is 1. The van der Waals surface area contributed by atoms with Gasteiger partial charge >= 0.3 is 5.97 Å². The number of rotatable bonds is 5. The molecular weight excluding hydrogens is 528 g/mol. The van der Waals surface area contributed by atoms with Crippen molar-refractivity contribution in [3.05, 3.63) is 63.8 Å². The fourth-order valence-electron chi connectivity index (χ4n) is 4.97. The van der Waals surface area contributed by atoms with E-state index in [0.717, 1.165) is 40.1 Å². The Morgan fingerprint density at radius 1 is 1.08 bits per heavy atom. The summed E-state index contributed by atoms with van der Waals surface area (Å²) < 4.78 is 5.49. The first-order valence-corrected chi connectivity index (χ1v) is 14.8. The SMILES string of the molecule is Cc1sc(-c2ccnc(C(C)(C)C)c2)cc1-c1ccc(C(=O)N2CCCC(CC(=O)OC(C)(C)C)C2)cc1Cl. The van der Waals surface area contributed by atoms with Crippen molar-refractivity contribution in [2.75, 3.05) is 13.1 Å². The monoisotopic (exact) mass is 566 g/mol. The Morgan fingerprint density at radius 2 is 1.82 bits per heavy atom. The zero-order chi connectivity index (χ0) is 28.5. The van der Waals surface area contributed by atoms with Crippen LogP contribution < -0.4 is 0 Å². The van der Waals surface area contributed by atoms with E-state index < -0.39 is 5.60 Å². The molecule has 39 heavy (non-hydrogen) atoms. The number of carbonyl (C=O) groups is 2. The van der Waals surface area contributed by atoms with Crippen LogP contribution in [0, 0.1) is 12.8 Å². The summed E-state index contributed by atoms with van der Waals surface area (Å²) >= 11 is 8.51. The van der Waals surface area contributed by atoms with E-state index in [4.69, 9.17) is 16.3 Å². The number of benzene rings is 1. The molecule has 1 unspecified atom stereocenters. The van der Waals surface area contributed by atoms with Crippen LogP contribution in [0.2, 0.25) is 5.02 Å². The maximum atomic E-state index is 13.4. The molecule has 0 saturated carbocycles. The Morgan fingerprint density at radius 3 is 2.49 bits per heavy atom. The summed E-state index contributed by atoms with van der Waals surface area (Å²) in [6.45, 7) is 15.4. The van der Waals surface area contributed by atoms with Crippen molar-refractivity contribution >= 4 is 34.8 Å². The first-order valence-electron chi connectivity index (χ1n) is 13.6. The van der Waals surface area contributed by atoms with Gasteiger partial charge in [-0.2, -0.15) is 0 Å². The molecule has 0 radical (unpaired) electrons. The maximum Gasteiger partial charge on any atom is 0.306 e. The summed E-state index contributed by atoms with van der Waals surface area (Å²) in [7, 11) is 0. The molecule has 1 aromatic carbocycles. The lowest BCUT2D eigenvalue weighted by atomic mass is 9.90. The van der Waals surface area contributed by atoms with Crippen LogP contribution in [-0.4, -0.2) is 40.5 Å². The van der Waals surface area contributed by atoms with Crippen molar-refractivity contribution in [2.45, 2.75) is 78.7 Å². The smallest absolute Gasteiger partial charge is 0.306 e. The van der Waals surface area contributed by atoms with Crippen molar-refractivity contribution in [1.82, 2.24) is 9.88 Å². The number of pyridine rings is 1. The van der Waals surface area contributed by atoms with Gasteiger partial charge in [-0.3, -0.25) is 14.6 Å². The number of hydrogen-bond donors (Lipinski definition) is 0. The zero-order valence-corrected chi connectivity index (χ0v) is 25.6. The molecule has 5 nitrogen and oxygen atoms in total. The molecule has 3 aromatic rings. The van der Waals surface area contributed by atoms with Crippen LogP contribution in [0.5, 0.6) is 0 Å². The summed E-state index contributed by atoms with van der Waals surface area (Å²) in [4.78, 5) is 34.4. The number of hydrogen-bond acceptors (Lipinski definition) is 5. The third-order valence-corrected chi connectivity index (χ3v) is 8.33. The number of esters is 1. The third-order valence-electron chi connectivity index (χ3n) is 6.92. The average molecular weight is 567 g/mol. The molecule has 1 atom stereocenters. The van der Waals surface area contributed by atoms with Gasteiger partial charge in [-0.05, 0) is 87.9 Å². The number of aromatic nitrogens is 1. The van der Waals surface area contributed by atoms with Gasteiger partial charge in [0.25, 0.3) is 5.91 Å². The number of thiophene rings is 1. The van der Waals surface area contributed by atoms with Crippen LogP contribution in [0.3, 0.4) is 0 Å². The summed E-state index contributed by atoms with van der Waals surface area (Å²) in [5.41, 5.74) is 4.22. The van der Waals surface area contributed by atoms with Gasteiger partial charge in [0, 0.05) is 56.3 Å². The quantitative estimate of drug-likeness (QED) is 0.291. The maximum absolute atomic E-state index is 13.4.